The Morgan fingerprint density at radius 1 is 1.33 bits per heavy atom. The summed E-state index contributed by atoms with van der Waals surface area (Å²) in [5.74, 6) is -2.77. The Morgan fingerprint density at radius 2 is 2.06 bits per heavy atom. The van der Waals surface area contributed by atoms with Crippen LogP contribution in [0.15, 0.2) is 40.7 Å². The Balaban J connectivity index is 2.03. The molecule has 0 bridgehead atoms. The summed E-state index contributed by atoms with van der Waals surface area (Å²) in [6.07, 6.45) is 1.59. The molecule has 0 aliphatic heterocycles. The summed E-state index contributed by atoms with van der Waals surface area (Å²) in [7, 11) is 0. The lowest BCUT2D eigenvalue weighted by molar-refractivity contribution is 0.102. The topological polar surface area (TPSA) is 42.0 Å². The lowest BCUT2D eigenvalue weighted by Gasteiger charge is -2.03. The Kier molecular flexibility index (Phi) is 4.27. The molecule has 1 N–H and O–H groups in total. The second-order valence-corrected chi connectivity index (χ2v) is 5.15. The minimum absolute atomic E-state index is 0.307. The number of nitrogens with one attached hydrogen (secondary N) is 1. The van der Waals surface area contributed by atoms with E-state index in [9.17, 15) is 13.6 Å². The summed E-state index contributed by atoms with van der Waals surface area (Å²) in [6.45, 7) is 0. The highest BCUT2D eigenvalue weighted by Crippen LogP contribution is 2.25. The number of benzene rings is 1. The van der Waals surface area contributed by atoms with Gasteiger partial charge in [-0.15, -0.1) is 11.3 Å². The maximum absolute atomic E-state index is 12.1. The van der Waals surface area contributed by atoms with Gasteiger partial charge in [0.25, 0.3) is 11.7 Å². The Morgan fingerprint density at radius 3 is 2.61 bits per heavy atom. The summed E-state index contributed by atoms with van der Waals surface area (Å²) in [5.41, 5.74) is 0.406. The van der Waals surface area contributed by atoms with Crippen LogP contribution in [0.3, 0.4) is 0 Å². The zero-order valence-corrected chi connectivity index (χ0v) is 10.6. The highest BCUT2D eigenvalue weighted by atomic mass is 32.2. The summed E-state index contributed by atoms with van der Waals surface area (Å²) in [6, 6.07) is 6.00. The van der Waals surface area contributed by atoms with Crippen LogP contribution < -0.4 is 5.32 Å². The normalized spacial score (nSPS) is 10.6. The minimum atomic E-state index is -2.46. The maximum atomic E-state index is 12.1. The van der Waals surface area contributed by atoms with Crippen LogP contribution in [0, 0.1) is 0 Å². The number of thiazole rings is 1. The fourth-order valence-electron chi connectivity index (χ4n) is 1.24. The number of aromatic nitrogens is 1. The number of halogens is 2. The van der Waals surface area contributed by atoms with E-state index >= 15 is 0 Å². The molecule has 0 aliphatic carbocycles. The lowest BCUT2D eigenvalue weighted by Crippen LogP contribution is -2.11. The molecule has 0 atom stereocenters. The maximum Gasteiger partial charge on any atom is 0.288 e. The van der Waals surface area contributed by atoms with Gasteiger partial charge >= 0.3 is 0 Å². The fraction of sp³-hybridized carbons (Fsp3) is 0.0909. The molecule has 1 aromatic carbocycles. The quantitative estimate of drug-likeness (QED) is 0.871. The fourth-order valence-corrected chi connectivity index (χ4v) is 2.27. The molecular formula is C11H8F2N2OS2. The van der Waals surface area contributed by atoms with Gasteiger partial charge in [-0.05, 0) is 24.3 Å². The molecule has 1 amide bonds. The van der Waals surface area contributed by atoms with Crippen LogP contribution in [-0.4, -0.2) is 16.6 Å². The number of hydrogen-bond donors (Lipinski definition) is 1. The molecule has 1 heterocycles. The largest absolute Gasteiger partial charge is 0.298 e. The third-order valence-corrected chi connectivity index (χ3v) is 3.41. The molecule has 0 saturated carbocycles. The van der Waals surface area contributed by atoms with Gasteiger partial charge in [0.1, 0.15) is 0 Å². The molecule has 0 radical (unpaired) electrons. The molecule has 0 saturated heterocycles. The lowest BCUT2D eigenvalue weighted by atomic mass is 10.2. The van der Waals surface area contributed by atoms with Crippen LogP contribution in [0.4, 0.5) is 13.9 Å². The van der Waals surface area contributed by atoms with E-state index in [1.165, 1.54) is 35.6 Å². The molecular weight excluding hydrogens is 278 g/mol. The molecule has 1 aromatic heterocycles. The van der Waals surface area contributed by atoms with Gasteiger partial charge in [0.2, 0.25) is 0 Å². The number of anilines is 1. The Hall–Kier alpha value is -1.47. The first-order chi connectivity index (χ1) is 8.65. The van der Waals surface area contributed by atoms with Gasteiger partial charge in [0.05, 0.1) is 0 Å². The molecule has 18 heavy (non-hydrogen) atoms. The van der Waals surface area contributed by atoms with Crippen molar-refractivity contribution in [2.45, 2.75) is 10.7 Å². The average molecular weight is 286 g/mol. The molecule has 2 rings (SSSR count). The van der Waals surface area contributed by atoms with E-state index in [4.69, 9.17) is 0 Å². The van der Waals surface area contributed by atoms with Crippen LogP contribution in [0.25, 0.3) is 0 Å². The third-order valence-electron chi connectivity index (χ3n) is 1.99. The van der Waals surface area contributed by atoms with Crippen molar-refractivity contribution in [3.05, 3.63) is 41.4 Å². The van der Waals surface area contributed by atoms with Gasteiger partial charge in [-0.2, -0.15) is 8.78 Å². The van der Waals surface area contributed by atoms with Crippen molar-refractivity contribution in [1.82, 2.24) is 4.98 Å². The van der Waals surface area contributed by atoms with E-state index in [2.05, 4.69) is 10.3 Å². The first-order valence-corrected chi connectivity index (χ1v) is 6.67. The molecule has 7 heteroatoms. The van der Waals surface area contributed by atoms with Crippen molar-refractivity contribution in [3.63, 3.8) is 0 Å². The smallest absolute Gasteiger partial charge is 0.288 e. The van der Waals surface area contributed by atoms with Gasteiger partial charge in [-0.1, -0.05) is 11.8 Å². The number of thioether (sulfide) groups is 1. The zero-order chi connectivity index (χ0) is 13.0. The molecule has 0 aliphatic rings. The van der Waals surface area contributed by atoms with Crippen LogP contribution in [0.5, 0.6) is 0 Å². The van der Waals surface area contributed by atoms with E-state index in [0.29, 0.717) is 27.4 Å². The Labute approximate surface area is 110 Å². The highest BCUT2D eigenvalue weighted by Gasteiger charge is 2.09. The first kappa shape index (κ1) is 13.0. The molecule has 3 nitrogen and oxygen atoms in total. The van der Waals surface area contributed by atoms with Crippen LogP contribution in [0.2, 0.25) is 0 Å². The van der Waals surface area contributed by atoms with E-state index in [-0.39, 0.29) is 5.91 Å². The predicted octanol–water partition coefficient (Wildman–Crippen LogP) is 3.71. The van der Waals surface area contributed by atoms with Crippen LogP contribution in [0.1, 0.15) is 10.4 Å². The van der Waals surface area contributed by atoms with Gasteiger partial charge in [0, 0.05) is 22.0 Å². The molecule has 0 spiro atoms. The molecule has 2 aromatic rings. The highest BCUT2D eigenvalue weighted by molar-refractivity contribution is 7.99. The number of carbonyl (C=O) groups excluding carboxylic acids is 1. The van der Waals surface area contributed by atoms with Crippen molar-refractivity contribution in [1.29, 1.82) is 0 Å². The van der Waals surface area contributed by atoms with Gasteiger partial charge in [-0.3, -0.25) is 10.1 Å². The van der Waals surface area contributed by atoms with Gasteiger partial charge < -0.3 is 0 Å². The van der Waals surface area contributed by atoms with E-state index in [1.54, 1.807) is 11.6 Å². The van der Waals surface area contributed by atoms with Gasteiger partial charge in [0.15, 0.2) is 5.13 Å². The third kappa shape index (κ3) is 3.51. The standard InChI is InChI=1S/C11H8F2N2OS2/c12-10(13)18-8-3-1-7(2-4-8)9(16)15-11-14-5-6-17-11/h1-6,10H,(H,14,15,16). The zero-order valence-electron chi connectivity index (χ0n) is 8.97. The molecule has 0 fully saturated rings. The number of alkyl halides is 2. The predicted molar refractivity (Wildman–Crippen MR) is 68.4 cm³/mol. The van der Waals surface area contributed by atoms with E-state index in [0.717, 1.165) is 0 Å². The summed E-state index contributed by atoms with van der Waals surface area (Å²) in [5, 5.41) is 4.87. The number of nitrogens with zero attached hydrogens (tertiary/aromatic N) is 1. The molecule has 94 valence electrons. The Bertz CT molecular complexity index is 514. The number of hydrogen-bond acceptors (Lipinski definition) is 4. The van der Waals surface area contributed by atoms with Crippen LogP contribution in [-0.2, 0) is 0 Å². The number of carbonyl (C=O) groups is 1. The van der Waals surface area contributed by atoms with Gasteiger partial charge in [-0.25, -0.2) is 4.98 Å². The minimum Gasteiger partial charge on any atom is -0.298 e. The summed E-state index contributed by atoms with van der Waals surface area (Å²) in [4.78, 5) is 16.1. The van der Waals surface area contributed by atoms with Crippen molar-refractivity contribution >= 4 is 34.1 Å². The average Bonchev–Trinajstić information content (AvgIpc) is 2.82. The SMILES string of the molecule is O=C(Nc1nccs1)c1ccc(SC(F)F)cc1. The van der Waals surface area contributed by atoms with Crippen molar-refractivity contribution in [2.75, 3.05) is 5.32 Å². The summed E-state index contributed by atoms with van der Waals surface area (Å²) < 4.78 is 24.2. The summed E-state index contributed by atoms with van der Waals surface area (Å²) >= 11 is 1.76. The first-order valence-electron chi connectivity index (χ1n) is 4.91. The van der Waals surface area contributed by atoms with Crippen molar-refractivity contribution in [2.24, 2.45) is 0 Å². The number of rotatable bonds is 4. The number of amides is 1. The van der Waals surface area contributed by atoms with Crippen molar-refractivity contribution < 1.29 is 13.6 Å². The van der Waals surface area contributed by atoms with E-state index in [1.807, 2.05) is 0 Å². The van der Waals surface area contributed by atoms with Crippen LogP contribution >= 0.6 is 23.1 Å². The second-order valence-electron chi connectivity index (χ2n) is 3.19. The van der Waals surface area contributed by atoms with E-state index < -0.39 is 5.76 Å². The monoisotopic (exact) mass is 286 g/mol. The second kappa shape index (κ2) is 5.92. The molecule has 0 unspecified atom stereocenters. The van der Waals surface area contributed by atoms with Crippen molar-refractivity contribution in [3.8, 4) is 0 Å².